The first-order chi connectivity index (χ1) is 9.27. The minimum absolute atomic E-state index is 0.487. The molecule has 108 valence electrons. The molecule has 0 spiro atoms. The first-order valence-corrected chi connectivity index (χ1v) is 12.6. The molecule has 0 fully saturated rings. The van der Waals surface area contributed by atoms with Crippen LogP contribution in [0.3, 0.4) is 0 Å². The third-order valence-corrected chi connectivity index (χ3v) is 13.5. The predicted molar refractivity (Wildman–Crippen MR) is 71.9 cm³/mol. The summed E-state index contributed by atoms with van der Waals surface area (Å²) in [5, 5.41) is 0. The molecular formula is C13H16O6Pb. The summed E-state index contributed by atoms with van der Waals surface area (Å²) in [7, 11) is 0. The minimum atomic E-state index is -5.01. The van der Waals surface area contributed by atoms with Crippen molar-refractivity contribution in [1.29, 1.82) is 0 Å². The van der Waals surface area contributed by atoms with Gasteiger partial charge in [0.05, 0.1) is 0 Å². The zero-order valence-corrected chi connectivity index (χ0v) is 15.6. The zero-order chi connectivity index (χ0) is 15.3. The molecule has 1 aromatic carbocycles. The fourth-order valence-electron chi connectivity index (χ4n) is 1.71. The van der Waals surface area contributed by atoms with Crippen molar-refractivity contribution < 1.29 is 22.4 Å². The molecule has 1 rings (SSSR count). The molecule has 0 aliphatic carbocycles. The van der Waals surface area contributed by atoms with Crippen LogP contribution in [-0.4, -0.2) is 40.4 Å². The Morgan fingerprint density at radius 3 is 1.60 bits per heavy atom. The van der Waals surface area contributed by atoms with Gasteiger partial charge in [-0.2, -0.15) is 0 Å². The molecule has 7 heteroatoms. The van der Waals surface area contributed by atoms with Crippen LogP contribution in [0, 0.1) is 6.92 Å². The van der Waals surface area contributed by atoms with Crippen molar-refractivity contribution in [3.8, 4) is 0 Å². The molecule has 0 unspecified atom stereocenters. The van der Waals surface area contributed by atoms with Crippen LogP contribution in [0.15, 0.2) is 24.3 Å². The van der Waals surface area contributed by atoms with E-state index < -0.39 is 40.4 Å². The number of rotatable bonds is 4. The molecule has 0 saturated heterocycles. The molecule has 0 bridgehead atoms. The van der Waals surface area contributed by atoms with Crippen molar-refractivity contribution in [1.82, 2.24) is 0 Å². The van der Waals surface area contributed by atoms with E-state index >= 15 is 0 Å². The molecular weight excluding hydrogens is 459 g/mol. The summed E-state index contributed by atoms with van der Waals surface area (Å²) in [6.45, 7) is 5.31. The van der Waals surface area contributed by atoms with Gasteiger partial charge in [-0.1, -0.05) is 0 Å². The molecule has 0 aromatic heterocycles. The van der Waals surface area contributed by atoms with Crippen molar-refractivity contribution in [3.05, 3.63) is 29.8 Å². The summed E-state index contributed by atoms with van der Waals surface area (Å²) in [6, 6.07) is 6.90. The monoisotopic (exact) mass is 476 g/mol. The van der Waals surface area contributed by atoms with Gasteiger partial charge in [0.15, 0.2) is 0 Å². The van der Waals surface area contributed by atoms with Gasteiger partial charge in [0.25, 0.3) is 0 Å². The van der Waals surface area contributed by atoms with Gasteiger partial charge < -0.3 is 0 Å². The molecule has 0 radical (unpaired) electrons. The van der Waals surface area contributed by atoms with E-state index in [1.807, 2.05) is 0 Å². The van der Waals surface area contributed by atoms with Crippen molar-refractivity contribution in [2.24, 2.45) is 0 Å². The molecule has 0 heterocycles. The number of hydrogen-bond donors (Lipinski definition) is 0. The summed E-state index contributed by atoms with van der Waals surface area (Å²) < 4.78 is 16.2. The number of hydrogen-bond acceptors (Lipinski definition) is 6. The number of benzene rings is 1. The second-order valence-electron chi connectivity index (χ2n) is 4.15. The van der Waals surface area contributed by atoms with Gasteiger partial charge in [0.1, 0.15) is 0 Å². The quantitative estimate of drug-likeness (QED) is 0.601. The Labute approximate surface area is 123 Å². The van der Waals surface area contributed by atoms with E-state index in [0.717, 1.165) is 5.56 Å². The molecule has 0 aliphatic heterocycles. The zero-order valence-electron chi connectivity index (χ0n) is 11.8. The average Bonchev–Trinajstić information content (AvgIpc) is 2.26. The number of carbonyl (C=O) groups excluding carboxylic acids is 3. The van der Waals surface area contributed by atoms with Gasteiger partial charge in [0, 0.05) is 0 Å². The van der Waals surface area contributed by atoms with Gasteiger partial charge >= 0.3 is 124 Å². The number of aryl methyl sites for hydroxylation is 1. The van der Waals surface area contributed by atoms with Crippen molar-refractivity contribution in [2.75, 3.05) is 0 Å². The van der Waals surface area contributed by atoms with Crippen LogP contribution in [0.5, 0.6) is 0 Å². The molecule has 0 amide bonds. The first-order valence-electron chi connectivity index (χ1n) is 5.91. The molecule has 0 aliphatic rings. The van der Waals surface area contributed by atoms with Crippen LogP contribution in [0.2, 0.25) is 0 Å². The van der Waals surface area contributed by atoms with Crippen LogP contribution in [0.1, 0.15) is 26.3 Å². The standard InChI is InChI=1S/C7H7.3C2H4O2.Pb/c1-7-5-3-2-4-6-7;3*1-2(3)4;/h2-5H,1H3;3*1H3,(H,3,4);/q;;;;+3/p-3. The van der Waals surface area contributed by atoms with E-state index in [1.165, 1.54) is 20.8 Å². The molecule has 0 N–H and O–H groups in total. The Morgan fingerprint density at radius 1 is 0.850 bits per heavy atom. The van der Waals surface area contributed by atoms with Crippen LogP contribution in [0.4, 0.5) is 0 Å². The maximum atomic E-state index is 11.4. The summed E-state index contributed by atoms with van der Waals surface area (Å²) in [5.74, 6) is -1.97. The predicted octanol–water partition coefficient (Wildman–Crippen LogP) is 0.830. The second-order valence-corrected chi connectivity index (χ2v) is 13.0. The van der Waals surface area contributed by atoms with Gasteiger partial charge in [0.2, 0.25) is 0 Å². The topological polar surface area (TPSA) is 78.9 Å². The van der Waals surface area contributed by atoms with Crippen LogP contribution in [0.25, 0.3) is 0 Å². The fourth-order valence-corrected chi connectivity index (χ4v) is 11.3. The Hall–Kier alpha value is -1.45. The summed E-state index contributed by atoms with van der Waals surface area (Å²) >= 11 is -5.01. The summed E-state index contributed by atoms with van der Waals surface area (Å²) in [4.78, 5) is 34.1. The van der Waals surface area contributed by atoms with Gasteiger partial charge in [-0.25, -0.2) is 0 Å². The van der Waals surface area contributed by atoms with E-state index in [9.17, 15) is 14.4 Å². The number of carbonyl (C=O) groups is 3. The van der Waals surface area contributed by atoms with Crippen LogP contribution < -0.4 is 3.12 Å². The first kappa shape index (κ1) is 16.6. The van der Waals surface area contributed by atoms with Crippen LogP contribution >= 0.6 is 0 Å². The van der Waals surface area contributed by atoms with E-state index in [0.29, 0.717) is 3.12 Å². The molecule has 0 atom stereocenters. The molecule has 1 aromatic rings. The Morgan fingerprint density at radius 2 is 1.25 bits per heavy atom. The molecule has 0 saturated carbocycles. The Balaban J connectivity index is 3.41. The van der Waals surface area contributed by atoms with Gasteiger partial charge in [-0.15, -0.1) is 0 Å². The Kier molecular flexibility index (Phi) is 5.66. The average molecular weight is 475 g/mol. The maximum absolute atomic E-state index is 11.4. The normalized spacial score (nSPS) is 10.6. The van der Waals surface area contributed by atoms with Crippen molar-refractivity contribution >= 4 is 43.6 Å². The second kappa shape index (κ2) is 6.82. The van der Waals surface area contributed by atoms with Crippen LogP contribution in [-0.2, 0) is 22.4 Å². The van der Waals surface area contributed by atoms with E-state index in [2.05, 4.69) is 0 Å². The SMILES string of the molecule is CC(=O)[O][Pb]([O]C(C)=O)([O]C(C)=O)[c]1ccccc1C. The summed E-state index contributed by atoms with van der Waals surface area (Å²) in [5.41, 5.74) is 0.734. The molecule has 6 nitrogen and oxygen atoms in total. The van der Waals surface area contributed by atoms with E-state index in [1.54, 1.807) is 31.2 Å². The molecule has 20 heavy (non-hydrogen) atoms. The van der Waals surface area contributed by atoms with Crippen molar-refractivity contribution in [2.45, 2.75) is 27.7 Å². The summed E-state index contributed by atoms with van der Waals surface area (Å²) in [6.07, 6.45) is 0. The Bertz CT molecular complexity index is 499. The third-order valence-electron chi connectivity index (χ3n) is 2.31. The van der Waals surface area contributed by atoms with Gasteiger partial charge in [-0.3, -0.25) is 0 Å². The van der Waals surface area contributed by atoms with E-state index in [-0.39, 0.29) is 0 Å². The van der Waals surface area contributed by atoms with Crippen molar-refractivity contribution in [3.63, 3.8) is 0 Å². The third kappa shape index (κ3) is 4.29. The fraction of sp³-hybridized carbons (Fsp3) is 0.308. The van der Waals surface area contributed by atoms with E-state index in [4.69, 9.17) is 8.06 Å². The van der Waals surface area contributed by atoms with Gasteiger partial charge in [-0.05, 0) is 0 Å².